The molecule has 1 atom stereocenters. The van der Waals surface area contributed by atoms with E-state index in [4.69, 9.17) is 0 Å². The van der Waals surface area contributed by atoms with E-state index in [0.29, 0.717) is 5.56 Å². The molecule has 0 saturated heterocycles. The molecule has 0 radical (unpaired) electrons. The van der Waals surface area contributed by atoms with Gasteiger partial charge in [0.15, 0.2) is 0 Å². The molecule has 7 heteroatoms. The molecule has 24 heavy (non-hydrogen) atoms. The summed E-state index contributed by atoms with van der Waals surface area (Å²) in [7, 11) is -2.21. The lowest BCUT2D eigenvalue weighted by Gasteiger charge is -2.14. The Hall–Kier alpha value is -2.25. The van der Waals surface area contributed by atoms with Crippen LogP contribution in [0.5, 0.6) is 0 Å². The van der Waals surface area contributed by atoms with Crippen LogP contribution in [0.15, 0.2) is 47.4 Å². The Balaban J connectivity index is 1.76. The first-order valence-electron chi connectivity index (χ1n) is 7.53. The van der Waals surface area contributed by atoms with Gasteiger partial charge in [0.05, 0.1) is 10.9 Å². The van der Waals surface area contributed by atoms with Crippen LogP contribution in [0.4, 0.5) is 4.39 Å². The minimum atomic E-state index is -3.53. The Labute approximate surface area is 139 Å². The Kier molecular flexibility index (Phi) is 4.38. The summed E-state index contributed by atoms with van der Waals surface area (Å²) in [4.78, 5) is 12.4. The Bertz CT molecular complexity index is 879. The number of amides is 1. The van der Waals surface area contributed by atoms with E-state index in [1.165, 1.54) is 43.4 Å². The predicted molar refractivity (Wildman–Crippen MR) is 87.6 cm³/mol. The molecule has 2 N–H and O–H groups in total. The van der Waals surface area contributed by atoms with Crippen LogP contribution in [0, 0.1) is 5.82 Å². The number of benzene rings is 2. The van der Waals surface area contributed by atoms with Crippen molar-refractivity contribution in [3.63, 3.8) is 0 Å². The van der Waals surface area contributed by atoms with Gasteiger partial charge in [-0.1, -0.05) is 6.07 Å². The van der Waals surface area contributed by atoms with E-state index in [0.717, 1.165) is 24.0 Å². The Morgan fingerprint density at radius 1 is 1.17 bits per heavy atom. The molecule has 1 aliphatic rings. The van der Waals surface area contributed by atoms with Crippen LogP contribution in [0.1, 0.15) is 33.9 Å². The number of carbonyl (C=O) groups is 1. The van der Waals surface area contributed by atoms with Gasteiger partial charge in [-0.25, -0.2) is 17.5 Å². The summed E-state index contributed by atoms with van der Waals surface area (Å²) >= 11 is 0. The van der Waals surface area contributed by atoms with Gasteiger partial charge in [0, 0.05) is 5.56 Å². The summed E-state index contributed by atoms with van der Waals surface area (Å²) < 4.78 is 39.0. The van der Waals surface area contributed by atoms with Crippen LogP contribution in [0.2, 0.25) is 0 Å². The molecule has 0 aromatic heterocycles. The highest BCUT2D eigenvalue weighted by atomic mass is 32.2. The molecule has 0 heterocycles. The van der Waals surface area contributed by atoms with Gasteiger partial charge in [-0.05, 0) is 67.4 Å². The molecule has 126 valence electrons. The standard InChI is InChI=1S/C17H17FN2O3S/c1-19-24(22,23)14-7-3-12(4-8-14)17(21)20-16-9-5-11-2-6-13(18)10-15(11)16/h2-4,6-8,10,16,19H,5,9H2,1H3,(H,20,21)/t16-/m1/s1. The van der Waals surface area contributed by atoms with Gasteiger partial charge in [-0.2, -0.15) is 0 Å². The van der Waals surface area contributed by atoms with Crippen LogP contribution in [-0.4, -0.2) is 21.4 Å². The van der Waals surface area contributed by atoms with Gasteiger partial charge in [0.1, 0.15) is 5.82 Å². The second-order valence-corrected chi connectivity index (χ2v) is 7.53. The van der Waals surface area contributed by atoms with Crippen LogP contribution in [-0.2, 0) is 16.4 Å². The van der Waals surface area contributed by atoms with Crippen molar-refractivity contribution in [3.8, 4) is 0 Å². The van der Waals surface area contributed by atoms with Crippen molar-refractivity contribution in [1.29, 1.82) is 0 Å². The molecule has 1 aliphatic carbocycles. The van der Waals surface area contributed by atoms with E-state index in [2.05, 4.69) is 10.0 Å². The SMILES string of the molecule is CNS(=O)(=O)c1ccc(C(=O)N[C@@H]2CCc3ccc(F)cc32)cc1. The highest BCUT2D eigenvalue weighted by molar-refractivity contribution is 7.89. The summed E-state index contributed by atoms with van der Waals surface area (Å²) in [6.45, 7) is 0. The van der Waals surface area contributed by atoms with E-state index in [1.54, 1.807) is 6.07 Å². The van der Waals surface area contributed by atoms with Crippen molar-refractivity contribution in [2.24, 2.45) is 0 Å². The fraction of sp³-hybridized carbons (Fsp3) is 0.235. The van der Waals surface area contributed by atoms with Crippen molar-refractivity contribution < 1.29 is 17.6 Å². The predicted octanol–water partition coefficient (Wildman–Crippen LogP) is 2.15. The minimum Gasteiger partial charge on any atom is -0.345 e. The molecular formula is C17H17FN2O3S. The zero-order valence-corrected chi connectivity index (χ0v) is 13.9. The zero-order chi connectivity index (χ0) is 17.3. The number of carbonyl (C=O) groups excluding carboxylic acids is 1. The van der Waals surface area contributed by atoms with Gasteiger partial charge in [-0.15, -0.1) is 0 Å². The summed E-state index contributed by atoms with van der Waals surface area (Å²) in [5.74, 6) is -0.637. The van der Waals surface area contributed by atoms with Crippen molar-refractivity contribution in [1.82, 2.24) is 10.0 Å². The minimum absolute atomic E-state index is 0.0924. The highest BCUT2D eigenvalue weighted by Crippen LogP contribution is 2.31. The first-order valence-corrected chi connectivity index (χ1v) is 9.02. The third-order valence-corrected chi connectivity index (χ3v) is 5.62. The maximum atomic E-state index is 13.4. The number of nitrogens with one attached hydrogen (secondary N) is 2. The summed E-state index contributed by atoms with van der Waals surface area (Å²) in [6, 6.07) is 10.1. The molecule has 0 spiro atoms. The second kappa shape index (κ2) is 6.33. The van der Waals surface area contributed by atoms with Gasteiger partial charge >= 0.3 is 0 Å². The van der Waals surface area contributed by atoms with E-state index in [9.17, 15) is 17.6 Å². The average molecular weight is 348 g/mol. The second-order valence-electron chi connectivity index (χ2n) is 5.64. The largest absolute Gasteiger partial charge is 0.345 e. The number of hydrogen-bond acceptors (Lipinski definition) is 3. The van der Waals surface area contributed by atoms with Crippen LogP contribution < -0.4 is 10.0 Å². The van der Waals surface area contributed by atoms with Crippen molar-refractivity contribution in [2.75, 3.05) is 7.05 Å². The first kappa shape index (κ1) is 16.6. The van der Waals surface area contributed by atoms with E-state index >= 15 is 0 Å². The molecule has 2 aromatic carbocycles. The molecule has 2 aromatic rings. The number of fused-ring (bicyclic) bond motifs is 1. The van der Waals surface area contributed by atoms with Gasteiger partial charge in [-0.3, -0.25) is 4.79 Å². The molecule has 0 saturated carbocycles. The molecule has 0 aliphatic heterocycles. The number of rotatable bonds is 4. The number of aryl methyl sites for hydroxylation is 1. The molecule has 1 amide bonds. The zero-order valence-electron chi connectivity index (χ0n) is 13.0. The van der Waals surface area contributed by atoms with E-state index in [1.807, 2.05) is 0 Å². The highest BCUT2D eigenvalue weighted by Gasteiger charge is 2.25. The third-order valence-electron chi connectivity index (χ3n) is 4.19. The maximum Gasteiger partial charge on any atom is 0.251 e. The van der Waals surface area contributed by atoms with Crippen molar-refractivity contribution >= 4 is 15.9 Å². The third kappa shape index (κ3) is 3.18. The molecular weight excluding hydrogens is 331 g/mol. The lowest BCUT2D eigenvalue weighted by molar-refractivity contribution is 0.0936. The number of hydrogen-bond donors (Lipinski definition) is 2. The maximum absolute atomic E-state index is 13.4. The fourth-order valence-electron chi connectivity index (χ4n) is 2.87. The number of sulfonamides is 1. The normalized spacial score (nSPS) is 16.7. The lowest BCUT2D eigenvalue weighted by atomic mass is 10.1. The van der Waals surface area contributed by atoms with Gasteiger partial charge in [0.25, 0.3) is 5.91 Å². The Morgan fingerprint density at radius 3 is 2.54 bits per heavy atom. The molecule has 0 fully saturated rings. The molecule has 3 rings (SSSR count). The van der Waals surface area contributed by atoms with Crippen molar-refractivity contribution in [3.05, 3.63) is 65.0 Å². The molecule has 5 nitrogen and oxygen atoms in total. The van der Waals surface area contributed by atoms with Gasteiger partial charge < -0.3 is 5.32 Å². The summed E-state index contributed by atoms with van der Waals surface area (Å²) in [5.41, 5.74) is 2.20. The van der Waals surface area contributed by atoms with E-state index < -0.39 is 10.0 Å². The smallest absolute Gasteiger partial charge is 0.251 e. The van der Waals surface area contributed by atoms with Crippen LogP contribution in [0.3, 0.4) is 0 Å². The molecule has 0 bridgehead atoms. The van der Waals surface area contributed by atoms with Gasteiger partial charge in [0.2, 0.25) is 10.0 Å². The van der Waals surface area contributed by atoms with Crippen LogP contribution in [0.25, 0.3) is 0 Å². The molecule has 0 unspecified atom stereocenters. The Morgan fingerprint density at radius 2 is 1.88 bits per heavy atom. The number of halogens is 1. The quantitative estimate of drug-likeness (QED) is 0.889. The topological polar surface area (TPSA) is 75.3 Å². The average Bonchev–Trinajstić information content (AvgIpc) is 2.97. The van der Waals surface area contributed by atoms with E-state index in [-0.39, 0.29) is 22.7 Å². The summed E-state index contributed by atoms with van der Waals surface area (Å²) in [5, 5.41) is 2.88. The van der Waals surface area contributed by atoms with Crippen molar-refractivity contribution in [2.45, 2.75) is 23.8 Å². The van der Waals surface area contributed by atoms with Crippen LogP contribution >= 0.6 is 0 Å². The fourth-order valence-corrected chi connectivity index (χ4v) is 3.60. The summed E-state index contributed by atoms with van der Waals surface area (Å²) in [6.07, 6.45) is 1.51. The first-order chi connectivity index (χ1) is 11.4. The lowest BCUT2D eigenvalue weighted by Crippen LogP contribution is -2.27. The monoisotopic (exact) mass is 348 g/mol.